The van der Waals surface area contributed by atoms with Gasteiger partial charge in [-0.05, 0) is 30.7 Å². The van der Waals surface area contributed by atoms with Gasteiger partial charge in [0.2, 0.25) is 5.91 Å². The third-order valence-corrected chi connectivity index (χ3v) is 3.58. The van der Waals surface area contributed by atoms with Gasteiger partial charge in [-0.1, -0.05) is 12.1 Å². The number of benzene rings is 1. The second-order valence-electron chi connectivity index (χ2n) is 4.69. The van der Waals surface area contributed by atoms with Crippen LogP contribution in [0.4, 0.5) is 8.78 Å². The third kappa shape index (κ3) is 6.15. The van der Waals surface area contributed by atoms with E-state index >= 15 is 0 Å². The molecule has 0 aliphatic heterocycles. The summed E-state index contributed by atoms with van der Waals surface area (Å²) >= 11 is 1.51. The van der Waals surface area contributed by atoms with E-state index in [0.29, 0.717) is 5.75 Å². The molecule has 1 aromatic heterocycles. The van der Waals surface area contributed by atoms with Crippen molar-refractivity contribution in [1.29, 1.82) is 0 Å². The van der Waals surface area contributed by atoms with Gasteiger partial charge >= 0.3 is 0 Å². The molecule has 7 heteroatoms. The summed E-state index contributed by atoms with van der Waals surface area (Å²) in [6.45, 7) is 1.53. The maximum Gasteiger partial charge on any atom is 0.272 e. The Labute approximate surface area is 136 Å². The first-order valence-corrected chi connectivity index (χ1v) is 7.79. The molecular formula is C16H16F2N2O2S. The van der Waals surface area contributed by atoms with E-state index in [-0.39, 0.29) is 12.5 Å². The lowest BCUT2D eigenvalue weighted by molar-refractivity contribution is -0.116. The predicted molar refractivity (Wildman–Crippen MR) is 85.7 cm³/mol. The minimum atomic E-state index is -2.52. The third-order valence-electron chi connectivity index (χ3n) is 2.78. The second-order valence-corrected chi connectivity index (χ2v) is 5.75. The lowest BCUT2D eigenvalue weighted by Crippen LogP contribution is -2.20. The zero-order valence-corrected chi connectivity index (χ0v) is 13.3. The van der Waals surface area contributed by atoms with Crippen LogP contribution in [-0.2, 0) is 11.3 Å². The topological polar surface area (TPSA) is 51.2 Å². The Morgan fingerprint density at radius 3 is 3.00 bits per heavy atom. The normalized spacial score (nSPS) is 11.1. The van der Waals surface area contributed by atoms with Crippen molar-refractivity contribution >= 4 is 23.3 Å². The van der Waals surface area contributed by atoms with Crippen LogP contribution in [0.25, 0.3) is 6.08 Å². The van der Waals surface area contributed by atoms with Crippen molar-refractivity contribution in [2.75, 3.05) is 6.61 Å². The highest BCUT2D eigenvalue weighted by molar-refractivity contribution is 7.09. The molecule has 23 heavy (non-hydrogen) atoms. The summed E-state index contributed by atoms with van der Waals surface area (Å²) in [5, 5.41) is 5.51. The smallest absolute Gasteiger partial charge is 0.272 e. The molecule has 0 radical (unpaired) electrons. The summed E-state index contributed by atoms with van der Waals surface area (Å²) in [6.07, 6.45) is 0.532. The Bertz CT molecular complexity index is 686. The Kier molecular flexibility index (Phi) is 6.22. The first kappa shape index (κ1) is 17.1. The van der Waals surface area contributed by atoms with Gasteiger partial charge in [-0.3, -0.25) is 4.79 Å². The van der Waals surface area contributed by atoms with Crippen LogP contribution in [0, 0.1) is 6.92 Å². The molecule has 0 saturated heterocycles. The largest absolute Gasteiger partial charge is 0.488 e. The van der Waals surface area contributed by atoms with Gasteiger partial charge in [0, 0.05) is 18.0 Å². The Morgan fingerprint density at radius 2 is 2.30 bits per heavy atom. The molecule has 1 amide bonds. The molecule has 1 N–H and O–H groups in total. The number of nitrogens with zero attached hydrogens (tertiary/aromatic N) is 1. The van der Waals surface area contributed by atoms with Crippen LogP contribution in [0.5, 0.6) is 5.75 Å². The summed E-state index contributed by atoms with van der Waals surface area (Å²) < 4.78 is 29.2. The maximum atomic E-state index is 12.1. The number of carbonyl (C=O) groups excluding carboxylic acids is 1. The van der Waals surface area contributed by atoms with Gasteiger partial charge in [0.15, 0.2) is 0 Å². The summed E-state index contributed by atoms with van der Waals surface area (Å²) in [5.41, 5.74) is 1.51. The van der Waals surface area contributed by atoms with E-state index in [1.807, 2.05) is 12.3 Å². The Morgan fingerprint density at radius 1 is 1.48 bits per heavy atom. The van der Waals surface area contributed by atoms with Gasteiger partial charge in [0.25, 0.3) is 6.43 Å². The van der Waals surface area contributed by atoms with E-state index in [2.05, 4.69) is 10.3 Å². The van der Waals surface area contributed by atoms with Crippen LogP contribution in [0.1, 0.15) is 16.3 Å². The van der Waals surface area contributed by atoms with Crippen LogP contribution in [0.15, 0.2) is 35.7 Å². The SMILES string of the molecule is Cc1nc(C=CC(=O)NCc2cccc(OCC(F)F)c2)cs1. The molecule has 0 unspecified atom stereocenters. The standard InChI is InChI=1S/C16H16F2N2O2S/c1-11-20-13(10-23-11)5-6-16(21)19-8-12-3-2-4-14(7-12)22-9-15(17)18/h2-7,10,15H,8-9H2,1H3,(H,19,21). The van der Waals surface area contributed by atoms with Crippen LogP contribution in [0.2, 0.25) is 0 Å². The molecular weight excluding hydrogens is 322 g/mol. The number of nitrogens with one attached hydrogen (secondary N) is 1. The molecule has 0 fully saturated rings. The fourth-order valence-electron chi connectivity index (χ4n) is 1.77. The average molecular weight is 338 g/mol. The predicted octanol–water partition coefficient (Wildman–Crippen LogP) is 3.43. The lowest BCUT2D eigenvalue weighted by atomic mass is 10.2. The summed E-state index contributed by atoms with van der Waals surface area (Å²) in [7, 11) is 0. The first-order valence-electron chi connectivity index (χ1n) is 6.91. The summed E-state index contributed by atoms with van der Waals surface area (Å²) in [6, 6.07) is 6.69. The molecule has 0 bridgehead atoms. The van der Waals surface area contributed by atoms with Crippen molar-refractivity contribution < 1.29 is 18.3 Å². The summed E-state index contributed by atoms with van der Waals surface area (Å²) in [5.74, 6) is 0.0973. The quantitative estimate of drug-likeness (QED) is 0.787. The number of rotatable bonds is 7. The van der Waals surface area contributed by atoms with E-state index in [1.54, 1.807) is 30.3 Å². The van der Waals surface area contributed by atoms with Gasteiger partial charge in [0.05, 0.1) is 10.7 Å². The fourth-order valence-corrected chi connectivity index (χ4v) is 2.35. The monoisotopic (exact) mass is 338 g/mol. The number of ether oxygens (including phenoxy) is 1. The van der Waals surface area contributed by atoms with E-state index in [0.717, 1.165) is 16.3 Å². The molecule has 122 valence electrons. The minimum Gasteiger partial charge on any atom is -0.488 e. The molecule has 1 aromatic carbocycles. The van der Waals surface area contributed by atoms with E-state index in [9.17, 15) is 13.6 Å². The van der Waals surface area contributed by atoms with E-state index in [4.69, 9.17) is 4.74 Å². The molecule has 0 aliphatic carbocycles. The van der Waals surface area contributed by atoms with Crippen molar-refractivity contribution in [2.45, 2.75) is 19.9 Å². The molecule has 0 atom stereocenters. The fraction of sp³-hybridized carbons (Fsp3) is 0.250. The van der Waals surface area contributed by atoms with Gasteiger partial charge in [-0.25, -0.2) is 13.8 Å². The van der Waals surface area contributed by atoms with Gasteiger partial charge in [-0.2, -0.15) is 0 Å². The number of aryl methyl sites for hydroxylation is 1. The van der Waals surface area contributed by atoms with Crippen molar-refractivity contribution in [3.63, 3.8) is 0 Å². The van der Waals surface area contributed by atoms with Crippen LogP contribution in [0.3, 0.4) is 0 Å². The lowest BCUT2D eigenvalue weighted by Gasteiger charge is -2.08. The average Bonchev–Trinajstić information content (AvgIpc) is 2.95. The Hall–Kier alpha value is -2.28. The number of alkyl halides is 2. The van der Waals surface area contributed by atoms with Crippen LogP contribution in [-0.4, -0.2) is 23.9 Å². The zero-order valence-electron chi connectivity index (χ0n) is 12.5. The van der Waals surface area contributed by atoms with Crippen molar-refractivity contribution in [3.8, 4) is 5.75 Å². The van der Waals surface area contributed by atoms with Crippen molar-refractivity contribution in [3.05, 3.63) is 52.0 Å². The molecule has 0 saturated carbocycles. The number of aromatic nitrogens is 1. The van der Waals surface area contributed by atoms with Crippen LogP contribution < -0.4 is 10.1 Å². The van der Waals surface area contributed by atoms with E-state index in [1.165, 1.54) is 17.4 Å². The number of thiazole rings is 1. The first-order chi connectivity index (χ1) is 11.0. The molecule has 1 heterocycles. The van der Waals surface area contributed by atoms with Gasteiger partial charge in [-0.15, -0.1) is 11.3 Å². The van der Waals surface area contributed by atoms with Crippen LogP contribution >= 0.6 is 11.3 Å². The minimum absolute atomic E-state index is 0.255. The molecule has 0 spiro atoms. The number of halogens is 2. The molecule has 2 aromatic rings. The molecule has 4 nitrogen and oxygen atoms in total. The molecule has 0 aliphatic rings. The highest BCUT2D eigenvalue weighted by Crippen LogP contribution is 2.14. The highest BCUT2D eigenvalue weighted by atomic mass is 32.1. The molecule has 2 rings (SSSR count). The summed E-state index contributed by atoms with van der Waals surface area (Å²) in [4.78, 5) is 16.0. The zero-order chi connectivity index (χ0) is 16.7. The maximum absolute atomic E-state index is 12.1. The van der Waals surface area contributed by atoms with Gasteiger partial charge < -0.3 is 10.1 Å². The number of amides is 1. The number of carbonyl (C=O) groups is 1. The Balaban J connectivity index is 1.84. The number of hydrogen-bond acceptors (Lipinski definition) is 4. The number of hydrogen-bond donors (Lipinski definition) is 1. The van der Waals surface area contributed by atoms with Crippen molar-refractivity contribution in [2.24, 2.45) is 0 Å². The van der Waals surface area contributed by atoms with E-state index < -0.39 is 13.0 Å². The van der Waals surface area contributed by atoms with Crippen molar-refractivity contribution in [1.82, 2.24) is 10.3 Å². The van der Waals surface area contributed by atoms with Gasteiger partial charge in [0.1, 0.15) is 12.4 Å². The second kappa shape index (κ2) is 8.38. The highest BCUT2D eigenvalue weighted by Gasteiger charge is 2.04.